The lowest BCUT2D eigenvalue weighted by Crippen LogP contribution is -2.46. The number of piperazine rings is 1. The first-order chi connectivity index (χ1) is 11.1. The van der Waals surface area contributed by atoms with Crippen LogP contribution in [0.5, 0.6) is 5.75 Å². The molecule has 1 heterocycles. The van der Waals surface area contributed by atoms with Crippen molar-refractivity contribution in [1.82, 2.24) is 15.5 Å². The lowest BCUT2D eigenvalue weighted by Gasteiger charge is -2.27. The summed E-state index contributed by atoms with van der Waals surface area (Å²) in [6.07, 6.45) is 0.280. The summed E-state index contributed by atoms with van der Waals surface area (Å²) in [7, 11) is 0. The molecule has 1 aliphatic rings. The van der Waals surface area contributed by atoms with Crippen molar-refractivity contribution in [2.75, 3.05) is 45.9 Å². The van der Waals surface area contributed by atoms with E-state index >= 15 is 0 Å². The van der Waals surface area contributed by atoms with Gasteiger partial charge in [-0.1, -0.05) is 6.07 Å². The molecule has 0 saturated carbocycles. The molecule has 1 aliphatic heterocycles. The summed E-state index contributed by atoms with van der Waals surface area (Å²) < 4.78 is 5.48. The van der Waals surface area contributed by atoms with Gasteiger partial charge in [0.1, 0.15) is 5.75 Å². The molecule has 0 radical (unpaired) electrons. The number of carbonyl (C=O) groups is 2. The average molecular weight is 320 g/mol. The number of nitrogens with one attached hydrogen (secondary N) is 2. The molecule has 1 saturated heterocycles. The molecule has 0 atom stereocenters. The largest absolute Gasteiger partial charge is 0.493 e. The van der Waals surface area contributed by atoms with Gasteiger partial charge in [0.25, 0.3) is 0 Å². The van der Waals surface area contributed by atoms with Crippen molar-refractivity contribution in [3.05, 3.63) is 29.8 Å². The van der Waals surface area contributed by atoms with Crippen molar-refractivity contribution >= 4 is 11.8 Å². The fraction of sp³-hybridized carbons (Fsp3) is 0.500. The number of rotatable bonds is 8. The van der Waals surface area contributed by atoms with Crippen LogP contribution in [0.1, 0.15) is 16.8 Å². The number of nitrogens with two attached hydrogens (primary N) is 1. The summed E-state index contributed by atoms with van der Waals surface area (Å²) in [5, 5.41) is 6.18. The molecule has 1 aromatic rings. The van der Waals surface area contributed by atoms with Crippen molar-refractivity contribution in [1.29, 1.82) is 0 Å². The molecule has 0 unspecified atom stereocenters. The Labute approximate surface area is 136 Å². The highest BCUT2D eigenvalue weighted by Gasteiger charge is 2.09. The standard InChI is InChI=1S/C16H24N4O3/c17-16(22)13-2-1-3-14(12-13)23-11-4-15(21)19-7-10-20-8-5-18-6-9-20/h1-3,12,18H,4-11H2,(H2,17,22)(H,19,21). The van der Waals surface area contributed by atoms with Gasteiger partial charge in [-0.25, -0.2) is 0 Å². The zero-order valence-electron chi connectivity index (χ0n) is 13.2. The topological polar surface area (TPSA) is 96.7 Å². The SMILES string of the molecule is NC(=O)c1cccc(OCCC(=O)NCCN2CCNCC2)c1. The minimum Gasteiger partial charge on any atom is -0.493 e. The van der Waals surface area contributed by atoms with Gasteiger partial charge in [-0.2, -0.15) is 0 Å². The van der Waals surface area contributed by atoms with Crippen LogP contribution in [-0.2, 0) is 4.79 Å². The van der Waals surface area contributed by atoms with E-state index in [1.54, 1.807) is 24.3 Å². The van der Waals surface area contributed by atoms with Gasteiger partial charge >= 0.3 is 0 Å². The smallest absolute Gasteiger partial charge is 0.248 e. The van der Waals surface area contributed by atoms with Crippen LogP contribution >= 0.6 is 0 Å². The molecule has 0 aliphatic carbocycles. The number of carbonyl (C=O) groups excluding carboxylic acids is 2. The van der Waals surface area contributed by atoms with Gasteiger partial charge in [-0.15, -0.1) is 0 Å². The van der Waals surface area contributed by atoms with Gasteiger partial charge in [0.05, 0.1) is 13.0 Å². The van der Waals surface area contributed by atoms with Crippen molar-refractivity contribution < 1.29 is 14.3 Å². The molecule has 1 fully saturated rings. The van der Waals surface area contributed by atoms with E-state index in [9.17, 15) is 9.59 Å². The number of nitrogens with zero attached hydrogens (tertiary/aromatic N) is 1. The van der Waals surface area contributed by atoms with Crippen LogP contribution in [0, 0.1) is 0 Å². The van der Waals surface area contributed by atoms with E-state index in [2.05, 4.69) is 15.5 Å². The second kappa shape index (κ2) is 9.12. The Hall–Kier alpha value is -2.12. The Morgan fingerprint density at radius 1 is 1.30 bits per heavy atom. The Morgan fingerprint density at radius 3 is 2.83 bits per heavy atom. The summed E-state index contributed by atoms with van der Waals surface area (Å²) >= 11 is 0. The Bertz CT molecular complexity index is 530. The van der Waals surface area contributed by atoms with E-state index in [4.69, 9.17) is 10.5 Å². The van der Waals surface area contributed by atoms with Crippen LogP contribution in [0.15, 0.2) is 24.3 Å². The van der Waals surface area contributed by atoms with Gasteiger partial charge in [-0.05, 0) is 18.2 Å². The van der Waals surface area contributed by atoms with Crippen LogP contribution in [0.4, 0.5) is 0 Å². The van der Waals surface area contributed by atoms with Crippen LogP contribution < -0.4 is 21.1 Å². The predicted octanol–water partition coefficient (Wildman–Crippen LogP) is -0.424. The molecule has 0 spiro atoms. The van der Waals surface area contributed by atoms with Gasteiger partial charge in [-0.3, -0.25) is 14.5 Å². The fourth-order valence-electron chi connectivity index (χ4n) is 2.38. The number of amides is 2. The maximum atomic E-state index is 11.8. The molecule has 7 nitrogen and oxygen atoms in total. The lowest BCUT2D eigenvalue weighted by atomic mass is 10.2. The molecular formula is C16H24N4O3. The highest BCUT2D eigenvalue weighted by molar-refractivity contribution is 5.93. The molecular weight excluding hydrogens is 296 g/mol. The third kappa shape index (κ3) is 6.25. The van der Waals surface area contributed by atoms with E-state index in [-0.39, 0.29) is 18.9 Å². The summed E-state index contributed by atoms with van der Waals surface area (Å²) in [5.41, 5.74) is 5.60. The zero-order valence-corrected chi connectivity index (χ0v) is 13.2. The van der Waals surface area contributed by atoms with E-state index in [1.165, 1.54) is 0 Å². The molecule has 126 valence electrons. The van der Waals surface area contributed by atoms with Crippen LogP contribution in [-0.4, -0.2) is 62.6 Å². The number of hydrogen-bond acceptors (Lipinski definition) is 5. The summed E-state index contributed by atoms with van der Waals surface area (Å²) in [4.78, 5) is 25.2. The minimum absolute atomic E-state index is 0.0359. The molecule has 7 heteroatoms. The second-order valence-electron chi connectivity index (χ2n) is 5.43. The molecule has 0 aromatic heterocycles. The Kier molecular flexibility index (Phi) is 6.83. The van der Waals surface area contributed by atoms with Crippen LogP contribution in [0.2, 0.25) is 0 Å². The van der Waals surface area contributed by atoms with Crippen LogP contribution in [0.25, 0.3) is 0 Å². The third-order valence-corrected chi connectivity index (χ3v) is 3.68. The van der Waals surface area contributed by atoms with E-state index in [0.717, 1.165) is 32.7 Å². The number of primary amides is 1. The van der Waals surface area contributed by atoms with Gasteiger partial charge in [0.15, 0.2) is 0 Å². The lowest BCUT2D eigenvalue weighted by molar-refractivity contribution is -0.121. The van der Waals surface area contributed by atoms with Gasteiger partial charge < -0.3 is 21.1 Å². The molecule has 2 amide bonds. The summed E-state index contributed by atoms with van der Waals surface area (Å²) in [6.45, 7) is 5.84. The van der Waals surface area contributed by atoms with Gasteiger partial charge in [0.2, 0.25) is 11.8 Å². The quantitative estimate of drug-likeness (QED) is 0.604. The Morgan fingerprint density at radius 2 is 2.09 bits per heavy atom. The average Bonchev–Trinajstić information content (AvgIpc) is 2.56. The highest BCUT2D eigenvalue weighted by atomic mass is 16.5. The number of ether oxygens (including phenoxy) is 1. The van der Waals surface area contributed by atoms with E-state index in [0.29, 0.717) is 17.9 Å². The van der Waals surface area contributed by atoms with Crippen LogP contribution in [0.3, 0.4) is 0 Å². The van der Waals surface area contributed by atoms with Crippen molar-refractivity contribution in [3.63, 3.8) is 0 Å². The molecule has 0 bridgehead atoms. The normalized spacial score (nSPS) is 15.1. The summed E-state index contributed by atoms with van der Waals surface area (Å²) in [6, 6.07) is 6.63. The van der Waals surface area contributed by atoms with E-state index < -0.39 is 5.91 Å². The first-order valence-electron chi connectivity index (χ1n) is 7.87. The minimum atomic E-state index is -0.499. The molecule has 4 N–H and O–H groups in total. The number of benzene rings is 1. The van der Waals surface area contributed by atoms with Crippen molar-refractivity contribution in [2.45, 2.75) is 6.42 Å². The third-order valence-electron chi connectivity index (χ3n) is 3.68. The predicted molar refractivity (Wildman–Crippen MR) is 87.4 cm³/mol. The van der Waals surface area contributed by atoms with E-state index in [1.807, 2.05) is 0 Å². The second-order valence-corrected chi connectivity index (χ2v) is 5.43. The number of hydrogen-bond donors (Lipinski definition) is 3. The van der Waals surface area contributed by atoms with Crippen molar-refractivity contribution in [3.8, 4) is 5.75 Å². The molecule has 1 aromatic carbocycles. The van der Waals surface area contributed by atoms with Gasteiger partial charge in [0, 0.05) is 44.8 Å². The first-order valence-corrected chi connectivity index (χ1v) is 7.87. The molecule has 23 heavy (non-hydrogen) atoms. The monoisotopic (exact) mass is 320 g/mol. The maximum Gasteiger partial charge on any atom is 0.248 e. The zero-order chi connectivity index (χ0) is 16.5. The summed E-state index contributed by atoms with van der Waals surface area (Å²) in [5.74, 6) is 0.00205. The molecule has 2 rings (SSSR count). The first kappa shape index (κ1) is 17.2. The fourth-order valence-corrected chi connectivity index (χ4v) is 2.38. The van der Waals surface area contributed by atoms with Crippen molar-refractivity contribution in [2.24, 2.45) is 5.73 Å². The Balaban J connectivity index is 1.60. The highest BCUT2D eigenvalue weighted by Crippen LogP contribution is 2.13. The maximum absolute atomic E-state index is 11.8.